The van der Waals surface area contributed by atoms with Gasteiger partial charge in [0.25, 0.3) is 0 Å². The van der Waals surface area contributed by atoms with E-state index in [1.807, 2.05) is 6.20 Å². The second kappa shape index (κ2) is 7.82. The van der Waals surface area contributed by atoms with E-state index in [-0.39, 0.29) is 0 Å². The van der Waals surface area contributed by atoms with Gasteiger partial charge in [-0.2, -0.15) is 0 Å². The van der Waals surface area contributed by atoms with Crippen molar-refractivity contribution in [2.24, 2.45) is 11.8 Å². The first-order valence-electron chi connectivity index (χ1n) is 8.43. The lowest BCUT2D eigenvalue weighted by Gasteiger charge is -2.27. The van der Waals surface area contributed by atoms with E-state index in [0.717, 1.165) is 19.0 Å². The van der Waals surface area contributed by atoms with Crippen LogP contribution in [0.4, 0.5) is 0 Å². The predicted octanol–water partition coefficient (Wildman–Crippen LogP) is 4.23. The van der Waals surface area contributed by atoms with Crippen LogP contribution in [0.3, 0.4) is 0 Å². The van der Waals surface area contributed by atoms with Crippen LogP contribution in [0.1, 0.15) is 76.7 Å². The number of rotatable bonds is 7. The second-order valence-electron chi connectivity index (χ2n) is 6.82. The zero-order valence-corrected chi connectivity index (χ0v) is 13.4. The normalized spacial score (nSPS) is 23.4. The van der Waals surface area contributed by atoms with Gasteiger partial charge in [0, 0.05) is 24.4 Å². The van der Waals surface area contributed by atoms with E-state index < -0.39 is 0 Å². The molecular formula is C17H31N3. The fourth-order valence-corrected chi connectivity index (χ4v) is 3.30. The molecule has 0 spiro atoms. The number of hydrogen-bond donors (Lipinski definition) is 2. The quantitative estimate of drug-likeness (QED) is 0.783. The first-order valence-corrected chi connectivity index (χ1v) is 8.43. The lowest BCUT2D eigenvalue weighted by molar-refractivity contribution is 0.303. The Morgan fingerprint density at radius 1 is 1.30 bits per heavy atom. The lowest BCUT2D eigenvalue weighted by Crippen LogP contribution is -2.19. The summed E-state index contributed by atoms with van der Waals surface area (Å²) in [5.41, 5.74) is 1.23. The average molecular weight is 277 g/mol. The van der Waals surface area contributed by atoms with Gasteiger partial charge in [0.15, 0.2) is 0 Å². The predicted molar refractivity (Wildman–Crippen MR) is 84.7 cm³/mol. The lowest BCUT2D eigenvalue weighted by atomic mass is 9.80. The Bertz CT molecular complexity index is 375. The summed E-state index contributed by atoms with van der Waals surface area (Å²) >= 11 is 0. The van der Waals surface area contributed by atoms with Crippen molar-refractivity contribution in [2.45, 2.75) is 71.8 Å². The molecule has 0 bridgehead atoms. The van der Waals surface area contributed by atoms with Crippen molar-refractivity contribution in [1.29, 1.82) is 0 Å². The maximum absolute atomic E-state index is 4.61. The molecule has 0 aliphatic heterocycles. The van der Waals surface area contributed by atoms with Gasteiger partial charge in [-0.15, -0.1) is 0 Å². The third kappa shape index (κ3) is 4.62. The minimum atomic E-state index is 0.668. The number of aromatic amines is 1. The van der Waals surface area contributed by atoms with Gasteiger partial charge in [0.05, 0.1) is 0 Å². The summed E-state index contributed by atoms with van der Waals surface area (Å²) in [6.07, 6.45) is 10.2. The van der Waals surface area contributed by atoms with Gasteiger partial charge in [0.1, 0.15) is 5.82 Å². The minimum absolute atomic E-state index is 0.668. The summed E-state index contributed by atoms with van der Waals surface area (Å²) in [5, 5.41) is 3.47. The molecule has 3 nitrogen and oxygen atoms in total. The summed E-state index contributed by atoms with van der Waals surface area (Å²) in [6.45, 7) is 8.75. The monoisotopic (exact) mass is 277 g/mol. The highest BCUT2D eigenvalue weighted by molar-refractivity contribution is 5.06. The molecule has 0 saturated heterocycles. The van der Waals surface area contributed by atoms with Gasteiger partial charge < -0.3 is 10.3 Å². The highest BCUT2D eigenvalue weighted by Gasteiger charge is 2.23. The van der Waals surface area contributed by atoms with Crippen LogP contribution in [0.2, 0.25) is 0 Å². The number of hydrogen-bond acceptors (Lipinski definition) is 2. The van der Waals surface area contributed by atoms with Crippen LogP contribution in [0.5, 0.6) is 0 Å². The van der Waals surface area contributed by atoms with E-state index >= 15 is 0 Å². The largest absolute Gasteiger partial charge is 0.345 e. The standard InChI is InChI=1S/C17H31N3/c1-4-5-14-6-8-15(9-7-14)17-19-12-16(20-17)11-18-10-13(2)3/h12-15,18H,4-11H2,1-3H3,(H,19,20). The van der Waals surface area contributed by atoms with Crippen LogP contribution in [0.25, 0.3) is 0 Å². The van der Waals surface area contributed by atoms with Crippen molar-refractivity contribution in [3.05, 3.63) is 17.7 Å². The number of aromatic nitrogens is 2. The van der Waals surface area contributed by atoms with E-state index in [1.54, 1.807) is 0 Å². The third-order valence-corrected chi connectivity index (χ3v) is 4.45. The molecule has 1 aliphatic carbocycles. The Labute approximate surface area is 124 Å². The minimum Gasteiger partial charge on any atom is -0.345 e. The molecule has 1 aromatic rings. The molecule has 0 amide bonds. The van der Waals surface area contributed by atoms with Gasteiger partial charge in [-0.1, -0.05) is 33.6 Å². The van der Waals surface area contributed by atoms with Crippen molar-refractivity contribution < 1.29 is 0 Å². The van der Waals surface area contributed by atoms with Crippen molar-refractivity contribution in [1.82, 2.24) is 15.3 Å². The molecule has 20 heavy (non-hydrogen) atoms. The maximum atomic E-state index is 4.61. The first-order chi connectivity index (χ1) is 9.69. The molecule has 1 aromatic heterocycles. The molecule has 0 radical (unpaired) electrons. The zero-order valence-electron chi connectivity index (χ0n) is 13.4. The Balaban J connectivity index is 1.78. The van der Waals surface area contributed by atoms with Gasteiger partial charge in [-0.05, 0) is 44.1 Å². The van der Waals surface area contributed by atoms with Crippen LogP contribution in [0, 0.1) is 11.8 Å². The summed E-state index contributed by atoms with van der Waals surface area (Å²) in [6, 6.07) is 0. The smallest absolute Gasteiger partial charge is 0.109 e. The first kappa shape index (κ1) is 15.6. The molecular weight excluding hydrogens is 246 g/mol. The van der Waals surface area contributed by atoms with Crippen LogP contribution >= 0.6 is 0 Å². The fraction of sp³-hybridized carbons (Fsp3) is 0.824. The molecule has 1 fully saturated rings. The van der Waals surface area contributed by atoms with Crippen LogP contribution < -0.4 is 5.32 Å². The van der Waals surface area contributed by atoms with Gasteiger partial charge in [-0.25, -0.2) is 4.98 Å². The van der Waals surface area contributed by atoms with Gasteiger partial charge >= 0.3 is 0 Å². The van der Waals surface area contributed by atoms with Crippen molar-refractivity contribution in [2.75, 3.05) is 6.54 Å². The summed E-state index contributed by atoms with van der Waals surface area (Å²) < 4.78 is 0. The molecule has 3 heteroatoms. The summed E-state index contributed by atoms with van der Waals surface area (Å²) in [5.74, 6) is 3.56. The molecule has 0 aromatic carbocycles. The van der Waals surface area contributed by atoms with Crippen LogP contribution in [-0.4, -0.2) is 16.5 Å². The second-order valence-corrected chi connectivity index (χ2v) is 6.82. The van der Waals surface area contributed by atoms with Crippen molar-refractivity contribution >= 4 is 0 Å². The topological polar surface area (TPSA) is 40.7 Å². The van der Waals surface area contributed by atoms with E-state index in [2.05, 4.69) is 36.1 Å². The molecule has 1 aliphatic rings. The van der Waals surface area contributed by atoms with E-state index in [1.165, 1.54) is 50.0 Å². The third-order valence-electron chi connectivity index (χ3n) is 4.45. The van der Waals surface area contributed by atoms with Crippen molar-refractivity contribution in [3.63, 3.8) is 0 Å². The molecule has 2 N–H and O–H groups in total. The Morgan fingerprint density at radius 3 is 2.70 bits per heavy atom. The van der Waals surface area contributed by atoms with Crippen molar-refractivity contribution in [3.8, 4) is 0 Å². The molecule has 1 heterocycles. The highest BCUT2D eigenvalue weighted by atomic mass is 15.0. The SMILES string of the molecule is CCCC1CCC(c2ncc(CNCC(C)C)[nH]2)CC1. The molecule has 1 saturated carbocycles. The Morgan fingerprint density at radius 2 is 2.05 bits per heavy atom. The number of H-pyrrole nitrogens is 1. The average Bonchev–Trinajstić information content (AvgIpc) is 2.88. The Hall–Kier alpha value is -0.830. The number of imidazole rings is 1. The highest BCUT2D eigenvalue weighted by Crippen LogP contribution is 2.36. The number of nitrogens with one attached hydrogen (secondary N) is 2. The summed E-state index contributed by atoms with van der Waals surface area (Å²) in [4.78, 5) is 8.14. The van der Waals surface area contributed by atoms with Crippen LogP contribution in [-0.2, 0) is 6.54 Å². The Kier molecular flexibility index (Phi) is 6.08. The van der Waals surface area contributed by atoms with Crippen LogP contribution in [0.15, 0.2) is 6.20 Å². The molecule has 114 valence electrons. The van der Waals surface area contributed by atoms with Gasteiger partial charge in [0.2, 0.25) is 0 Å². The van der Waals surface area contributed by atoms with E-state index in [4.69, 9.17) is 0 Å². The number of nitrogens with zero attached hydrogens (tertiary/aromatic N) is 1. The van der Waals surface area contributed by atoms with Gasteiger partial charge in [-0.3, -0.25) is 0 Å². The van der Waals surface area contributed by atoms with E-state index in [9.17, 15) is 0 Å². The maximum Gasteiger partial charge on any atom is 0.109 e. The fourth-order valence-electron chi connectivity index (χ4n) is 3.30. The molecule has 0 unspecified atom stereocenters. The molecule has 2 rings (SSSR count). The molecule has 0 atom stereocenters. The van der Waals surface area contributed by atoms with E-state index in [0.29, 0.717) is 11.8 Å². The zero-order chi connectivity index (χ0) is 14.4. The summed E-state index contributed by atoms with van der Waals surface area (Å²) in [7, 11) is 0.